The van der Waals surface area contributed by atoms with Gasteiger partial charge in [0.15, 0.2) is 0 Å². The maximum absolute atomic E-state index is 12.6. The molecule has 0 spiro atoms. The molecule has 0 aliphatic rings. The van der Waals surface area contributed by atoms with Gasteiger partial charge in [0, 0.05) is 19.2 Å². The molecule has 0 atom stereocenters. The van der Waals surface area contributed by atoms with Gasteiger partial charge in [-0.3, -0.25) is 14.2 Å². The third kappa shape index (κ3) is 3.60. The van der Waals surface area contributed by atoms with E-state index in [1.807, 2.05) is 0 Å². The van der Waals surface area contributed by atoms with Crippen molar-refractivity contribution in [2.75, 3.05) is 10.8 Å². The third-order valence-electron chi connectivity index (χ3n) is 2.86. The molecule has 8 heteroatoms. The van der Waals surface area contributed by atoms with Crippen molar-refractivity contribution in [3.05, 3.63) is 42.7 Å². The highest BCUT2D eigenvalue weighted by Crippen LogP contribution is 2.23. The van der Waals surface area contributed by atoms with Crippen LogP contribution in [0, 0.1) is 0 Å². The third-order valence-corrected chi connectivity index (χ3v) is 4.65. The summed E-state index contributed by atoms with van der Waals surface area (Å²) in [4.78, 5) is 10.7. The number of para-hydroxylation sites is 1. The molecule has 0 unspecified atom stereocenters. The highest BCUT2D eigenvalue weighted by molar-refractivity contribution is 7.92. The van der Waals surface area contributed by atoms with Crippen molar-refractivity contribution >= 4 is 21.7 Å². The summed E-state index contributed by atoms with van der Waals surface area (Å²) < 4.78 is 26.4. The van der Waals surface area contributed by atoms with Crippen molar-refractivity contribution in [2.24, 2.45) is 0 Å². The van der Waals surface area contributed by atoms with Gasteiger partial charge in [-0.15, -0.1) is 0 Å². The second kappa shape index (κ2) is 6.40. The quantitative estimate of drug-likeness (QED) is 0.806. The normalized spacial score (nSPS) is 11.2. The van der Waals surface area contributed by atoms with E-state index in [-0.39, 0.29) is 24.3 Å². The van der Waals surface area contributed by atoms with Crippen LogP contribution in [0.3, 0.4) is 0 Å². The highest BCUT2D eigenvalue weighted by Gasteiger charge is 2.25. The van der Waals surface area contributed by atoms with Gasteiger partial charge in [0.2, 0.25) is 0 Å². The minimum absolute atomic E-state index is 0.0432. The van der Waals surface area contributed by atoms with Gasteiger partial charge in [0.25, 0.3) is 10.0 Å². The van der Waals surface area contributed by atoms with Crippen LogP contribution < -0.4 is 4.31 Å². The van der Waals surface area contributed by atoms with Crippen LogP contribution >= 0.6 is 0 Å². The number of sulfonamides is 1. The van der Waals surface area contributed by atoms with E-state index in [2.05, 4.69) is 10.2 Å². The van der Waals surface area contributed by atoms with Gasteiger partial charge >= 0.3 is 5.97 Å². The molecule has 2 aromatic rings. The lowest BCUT2D eigenvalue weighted by atomic mass is 10.3. The predicted octanol–water partition coefficient (Wildman–Crippen LogP) is 1.47. The summed E-state index contributed by atoms with van der Waals surface area (Å²) in [5.41, 5.74) is 0.490. The molecule has 0 radical (unpaired) electrons. The number of H-pyrrole nitrogens is 1. The molecule has 0 saturated heterocycles. The smallest absolute Gasteiger partial charge is 0.303 e. The lowest BCUT2D eigenvalue weighted by molar-refractivity contribution is -0.137. The van der Waals surface area contributed by atoms with Crippen molar-refractivity contribution in [3.8, 4) is 0 Å². The Morgan fingerprint density at radius 1 is 1.29 bits per heavy atom. The van der Waals surface area contributed by atoms with E-state index in [0.717, 1.165) is 0 Å². The number of carboxylic acid groups (broad SMARTS) is 1. The number of aliphatic carboxylic acids is 1. The Balaban J connectivity index is 2.30. The van der Waals surface area contributed by atoms with Crippen molar-refractivity contribution in [1.29, 1.82) is 0 Å². The fourth-order valence-corrected chi connectivity index (χ4v) is 3.27. The Kier molecular flexibility index (Phi) is 4.59. The van der Waals surface area contributed by atoms with Crippen molar-refractivity contribution in [3.63, 3.8) is 0 Å². The number of benzene rings is 1. The Morgan fingerprint density at radius 3 is 2.57 bits per heavy atom. The van der Waals surface area contributed by atoms with Gasteiger partial charge in [-0.05, 0) is 18.6 Å². The minimum atomic E-state index is -3.76. The van der Waals surface area contributed by atoms with Crippen LogP contribution in [0.25, 0.3) is 0 Å². The van der Waals surface area contributed by atoms with E-state index in [4.69, 9.17) is 5.11 Å². The van der Waals surface area contributed by atoms with Gasteiger partial charge in [-0.2, -0.15) is 5.10 Å². The Morgan fingerprint density at radius 2 is 2.00 bits per heavy atom. The number of aromatic nitrogens is 2. The Labute approximate surface area is 122 Å². The first-order chi connectivity index (χ1) is 10.0. The van der Waals surface area contributed by atoms with E-state index < -0.39 is 16.0 Å². The number of carbonyl (C=O) groups is 1. The zero-order chi connectivity index (χ0) is 15.3. The molecule has 1 aromatic heterocycles. The van der Waals surface area contributed by atoms with Crippen LogP contribution in [0.15, 0.2) is 47.6 Å². The zero-order valence-electron chi connectivity index (χ0n) is 11.1. The fraction of sp³-hybridized carbons (Fsp3) is 0.231. The molecule has 2 N–H and O–H groups in total. The number of hydrogen-bond acceptors (Lipinski definition) is 4. The molecule has 0 saturated carbocycles. The summed E-state index contributed by atoms with van der Waals surface area (Å²) in [5.74, 6) is -0.955. The highest BCUT2D eigenvalue weighted by atomic mass is 32.2. The van der Waals surface area contributed by atoms with Crippen LogP contribution in [-0.2, 0) is 14.8 Å². The van der Waals surface area contributed by atoms with Crippen LogP contribution in [0.5, 0.6) is 0 Å². The van der Waals surface area contributed by atoms with Gasteiger partial charge in [0.1, 0.15) is 4.90 Å². The molecule has 112 valence electrons. The second-order valence-corrected chi connectivity index (χ2v) is 6.21. The summed E-state index contributed by atoms with van der Waals surface area (Å²) in [6.07, 6.45) is 2.65. The lowest BCUT2D eigenvalue weighted by Crippen LogP contribution is -2.32. The number of nitrogens with zero attached hydrogens (tertiary/aromatic N) is 2. The molecule has 0 amide bonds. The summed E-state index contributed by atoms with van der Waals surface area (Å²) >= 11 is 0. The molecular formula is C13H15N3O4S. The van der Waals surface area contributed by atoms with Crippen molar-refractivity contribution < 1.29 is 18.3 Å². The Hall–Kier alpha value is -2.35. The number of aromatic amines is 1. The number of nitrogens with one attached hydrogen (secondary N) is 1. The molecule has 2 rings (SSSR count). The average molecular weight is 309 g/mol. The van der Waals surface area contributed by atoms with Crippen molar-refractivity contribution in [1.82, 2.24) is 10.2 Å². The van der Waals surface area contributed by atoms with E-state index in [1.165, 1.54) is 16.7 Å². The first-order valence-electron chi connectivity index (χ1n) is 6.30. The zero-order valence-corrected chi connectivity index (χ0v) is 12.0. The van der Waals surface area contributed by atoms with Crippen molar-refractivity contribution in [2.45, 2.75) is 17.7 Å². The monoisotopic (exact) mass is 309 g/mol. The number of anilines is 1. The molecule has 21 heavy (non-hydrogen) atoms. The number of hydrogen-bond donors (Lipinski definition) is 2. The van der Waals surface area contributed by atoms with Crippen LogP contribution in [-0.4, -0.2) is 36.2 Å². The molecule has 0 aliphatic heterocycles. The lowest BCUT2D eigenvalue weighted by Gasteiger charge is -2.23. The largest absolute Gasteiger partial charge is 0.481 e. The van der Waals surface area contributed by atoms with Gasteiger partial charge in [-0.1, -0.05) is 18.2 Å². The molecule has 0 bridgehead atoms. The molecule has 1 aromatic carbocycles. The summed E-state index contributed by atoms with van der Waals surface area (Å²) in [7, 11) is -3.76. The first-order valence-corrected chi connectivity index (χ1v) is 7.74. The van der Waals surface area contributed by atoms with Crippen LogP contribution in [0.4, 0.5) is 5.69 Å². The fourth-order valence-electron chi connectivity index (χ4n) is 1.86. The number of rotatable bonds is 7. The first kappa shape index (κ1) is 15.0. The van der Waals surface area contributed by atoms with E-state index >= 15 is 0 Å². The van der Waals surface area contributed by atoms with Gasteiger partial charge < -0.3 is 5.11 Å². The average Bonchev–Trinajstić information content (AvgIpc) is 2.99. The second-order valence-electron chi connectivity index (χ2n) is 4.34. The Bertz CT molecular complexity index is 683. The molecular weight excluding hydrogens is 294 g/mol. The molecule has 1 heterocycles. The van der Waals surface area contributed by atoms with Gasteiger partial charge in [0.05, 0.1) is 11.9 Å². The SMILES string of the molecule is O=C(O)CCCN(c1ccccc1)S(=O)(=O)c1cn[nH]c1. The predicted molar refractivity (Wildman–Crippen MR) is 76.4 cm³/mol. The summed E-state index contributed by atoms with van der Waals surface area (Å²) in [5, 5.41) is 14.8. The standard InChI is InChI=1S/C13H15N3O4S/c17-13(18)7-4-8-16(11-5-2-1-3-6-11)21(19,20)12-9-14-15-10-12/h1-3,5-6,9-10H,4,7-8H2,(H,14,15)(H,17,18). The minimum Gasteiger partial charge on any atom is -0.481 e. The summed E-state index contributed by atoms with van der Waals surface area (Å²) in [6.45, 7) is 0.0871. The van der Waals surface area contributed by atoms with E-state index in [1.54, 1.807) is 30.3 Å². The van der Waals surface area contributed by atoms with Gasteiger partial charge in [-0.25, -0.2) is 8.42 Å². The van der Waals surface area contributed by atoms with Crippen LogP contribution in [0.1, 0.15) is 12.8 Å². The van der Waals surface area contributed by atoms with Crippen LogP contribution in [0.2, 0.25) is 0 Å². The molecule has 0 fully saturated rings. The number of carboxylic acids is 1. The topological polar surface area (TPSA) is 103 Å². The van der Waals surface area contributed by atoms with E-state index in [9.17, 15) is 13.2 Å². The maximum atomic E-state index is 12.6. The summed E-state index contributed by atoms with van der Waals surface area (Å²) in [6, 6.07) is 8.56. The maximum Gasteiger partial charge on any atom is 0.303 e. The van der Waals surface area contributed by atoms with E-state index in [0.29, 0.717) is 5.69 Å². The molecule has 0 aliphatic carbocycles. The molecule has 7 nitrogen and oxygen atoms in total.